The maximum Gasteiger partial charge on any atom is 0.223 e. The number of carbonyl (C=O) groups is 1. The van der Waals surface area contributed by atoms with Crippen LogP contribution in [0.25, 0.3) is 0 Å². The zero-order chi connectivity index (χ0) is 15.9. The fraction of sp³-hybridized carbons (Fsp3) is 0.688. The quantitative estimate of drug-likeness (QED) is 0.781. The van der Waals surface area contributed by atoms with E-state index >= 15 is 0 Å². The number of carbonyl (C=O) groups excluding carboxylic acids is 1. The molecule has 2 saturated heterocycles. The molecular weight excluding hydrogens is 363 g/mol. The number of amides is 1. The van der Waals surface area contributed by atoms with Gasteiger partial charge >= 0.3 is 0 Å². The van der Waals surface area contributed by atoms with Gasteiger partial charge in [-0.1, -0.05) is 0 Å². The predicted molar refractivity (Wildman–Crippen MR) is 104 cm³/mol. The van der Waals surface area contributed by atoms with Gasteiger partial charge in [-0.05, 0) is 25.0 Å². The lowest BCUT2D eigenvalue weighted by Gasteiger charge is -2.33. The van der Waals surface area contributed by atoms with Gasteiger partial charge in [-0.15, -0.1) is 29.9 Å². The van der Waals surface area contributed by atoms with Gasteiger partial charge in [0.25, 0.3) is 0 Å². The van der Waals surface area contributed by atoms with E-state index < -0.39 is 0 Å². The van der Waals surface area contributed by atoms with Crippen molar-refractivity contribution in [2.75, 3.05) is 51.1 Å². The zero-order valence-corrected chi connectivity index (χ0v) is 16.0. The molecule has 7 nitrogen and oxygen atoms in total. The van der Waals surface area contributed by atoms with Crippen molar-refractivity contribution < 1.29 is 4.79 Å². The first-order valence-corrected chi connectivity index (χ1v) is 8.56. The number of likely N-dealkylation sites (tertiary alicyclic amines) is 1. The fourth-order valence-corrected chi connectivity index (χ4v) is 3.21. The Morgan fingerprint density at radius 3 is 2.56 bits per heavy atom. The van der Waals surface area contributed by atoms with E-state index in [1.165, 1.54) is 0 Å². The molecule has 1 amide bonds. The van der Waals surface area contributed by atoms with E-state index in [1.807, 2.05) is 17.0 Å². The van der Waals surface area contributed by atoms with E-state index in [1.54, 1.807) is 6.20 Å². The summed E-state index contributed by atoms with van der Waals surface area (Å²) in [5, 5.41) is 14.7. The summed E-state index contributed by atoms with van der Waals surface area (Å²) in [6.45, 7) is 6.49. The summed E-state index contributed by atoms with van der Waals surface area (Å²) >= 11 is 0. The average molecular weight is 391 g/mol. The third-order valence-corrected chi connectivity index (χ3v) is 4.62. The second-order valence-corrected chi connectivity index (χ2v) is 6.25. The monoisotopic (exact) mass is 390 g/mol. The standard InChI is InChI=1S/C16H26N6O.2ClH/c23-16(22-12-7-17-8-13-22)5-11-21-9-3-14(4-10-21)19-15-2-1-6-18-20-15;;/h1-2,6,14,17H,3-5,7-13H2,(H,19,20);2*1H. The topological polar surface area (TPSA) is 73.4 Å². The summed E-state index contributed by atoms with van der Waals surface area (Å²) in [5.41, 5.74) is 0. The number of hydrogen-bond acceptors (Lipinski definition) is 6. The lowest BCUT2D eigenvalue weighted by atomic mass is 10.0. The number of hydrogen-bond donors (Lipinski definition) is 2. The van der Waals surface area contributed by atoms with E-state index in [4.69, 9.17) is 0 Å². The number of nitrogens with zero attached hydrogens (tertiary/aromatic N) is 4. The Morgan fingerprint density at radius 2 is 1.92 bits per heavy atom. The first-order chi connectivity index (χ1) is 11.3. The Morgan fingerprint density at radius 1 is 1.20 bits per heavy atom. The Hall–Kier alpha value is -1.15. The zero-order valence-electron chi connectivity index (χ0n) is 14.4. The molecule has 3 heterocycles. The molecule has 0 saturated carbocycles. The van der Waals surface area contributed by atoms with Crippen LogP contribution in [0, 0.1) is 0 Å². The Balaban J connectivity index is 0.00000156. The first kappa shape index (κ1) is 21.9. The molecule has 2 aliphatic rings. The van der Waals surface area contributed by atoms with Crippen LogP contribution >= 0.6 is 24.8 Å². The number of aromatic nitrogens is 2. The summed E-state index contributed by atoms with van der Waals surface area (Å²) in [6, 6.07) is 4.30. The van der Waals surface area contributed by atoms with Crippen LogP contribution in [0.15, 0.2) is 18.3 Å². The van der Waals surface area contributed by atoms with Crippen LogP contribution < -0.4 is 10.6 Å². The minimum absolute atomic E-state index is 0. The number of piperidine rings is 1. The SMILES string of the molecule is Cl.Cl.O=C(CCN1CCC(Nc2cccnn2)CC1)N1CCNCC1. The highest BCUT2D eigenvalue weighted by molar-refractivity contribution is 5.85. The van der Waals surface area contributed by atoms with Crippen molar-refractivity contribution in [3.05, 3.63) is 18.3 Å². The summed E-state index contributed by atoms with van der Waals surface area (Å²) in [5.74, 6) is 1.14. The Kier molecular flexibility index (Phi) is 10.0. The molecule has 0 radical (unpaired) electrons. The average Bonchev–Trinajstić information content (AvgIpc) is 2.62. The first-order valence-electron chi connectivity index (χ1n) is 8.56. The molecule has 0 aromatic carbocycles. The van der Waals surface area contributed by atoms with Crippen LogP contribution in [-0.2, 0) is 4.79 Å². The second-order valence-electron chi connectivity index (χ2n) is 6.25. The van der Waals surface area contributed by atoms with Gasteiger partial charge in [0, 0.05) is 64.5 Å². The van der Waals surface area contributed by atoms with Crippen LogP contribution in [0.3, 0.4) is 0 Å². The molecule has 1 aromatic rings. The number of nitrogens with one attached hydrogen (secondary N) is 2. The number of rotatable bonds is 5. The highest BCUT2D eigenvalue weighted by Crippen LogP contribution is 2.15. The summed E-state index contributed by atoms with van der Waals surface area (Å²) in [4.78, 5) is 16.6. The van der Waals surface area contributed by atoms with Gasteiger partial charge in [-0.3, -0.25) is 4.79 Å². The molecule has 0 bridgehead atoms. The van der Waals surface area contributed by atoms with Crippen LogP contribution in [0.1, 0.15) is 19.3 Å². The minimum Gasteiger partial charge on any atom is -0.366 e. The van der Waals surface area contributed by atoms with Gasteiger partial charge in [0.2, 0.25) is 5.91 Å². The van der Waals surface area contributed by atoms with E-state index in [2.05, 4.69) is 25.7 Å². The molecule has 2 aliphatic heterocycles. The van der Waals surface area contributed by atoms with Crippen molar-refractivity contribution in [1.29, 1.82) is 0 Å². The summed E-state index contributed by atoms with van der Waals surface area (Å²) < 4.78 is 0. The minimum atomic E-state index is 0. The van der Waals surface area contributed by atoms with Gasteiger partial charge in [0.05, 0.1) is 0 Å². The molecule has 0 atom stereocenters. The molecule has 9 heteroatoms. The third kappa shape index (κ3) is 6.93. The lowest BCUT2D eigenvalue weighted by Crippen LogP contribution is -2.47. The molecule has 0 unspecified atom stereocenters. The maximum absolute atomic E-state index is 12.2. The van der Waals surface area contributed by atoms with Gasteiger partial charge in [0.1, 0.15) is 5.82 Å². The maximum atomic E-state index is 12.2. The van der Waals surface area contributed by atoms with Crippen LogP contribution in [0.2, 0.25) is 0 Å². The van der Waals surface area contributed by atoms with Crippen LogP contribution in [-0.4, -0.2) is 77.8 Å². The predicted octanol–water partition coefficient (Wildman–Crippen LogP) is 1.02. The normalized spacial score (nSPS) is 18.8. The van der Waals surface area contributed by atoms with Crippen molar-refractivity contribution >= 4 is 36.5 Å². The van der Waals surface area contributed by atoms with E-state index in [0.29, 0.717) is 18.4 Å². The van der Waals surface area contributed by atoms with E-state index in [0.717, 1.165) is 64.5 Å². The molecule has 0 spiro atoms. The molecule has 2 N–H and O–H groups in total. The van der Waals surface area contributed by atoms with Gasteiger partial charge in [0.15, 0.2) is 0 Å². The largest absolute Gasteiger partial charge is 0.366 e. The van der Waals surface area contributed by atoms with Crippen molar-refractivity contribution in [2.45, 2.75) is 25.3 Å². The van der Waals surface area contributed by atoms with Crippen molar-refractivity contribution in [2.24, 2.45) is 0 Å². The number of halogens is 2. The number of piperazine rings is 1. The number of anilines is 1. The fourth-order valence-electron chi connectivity index (χ4n) is 3.21. The van der Waals surface area contributed by atoms with Crippen molar-refractivity contribution in [3.63, 3.8) is 0 Å². The highest BCUT2D eigenvalue weighted by Gasteiger charge is 2.21. The Labute approximate surface area is 161 Å². The van der Waals surface area contributed by atoms with Crippen molar-refractivity contribution in [3.8, 4) is 0 Å². The molecule has 142 valence electrons. The molecule has 0 aliphatic carbocycles. The Bertz CT molecular complexity index is 493. The highest BCUT2D eigenvalue weighted by atomic mass is 35.5. The second kappa shape index (κ2) is 11.5. The molecule has 25 heavy (non-hydrogen) atoms. The summed E-state index contributed by atoms with van der Waals surface area (Å²) in [6.07, 6.45) is 4.49. The van der Waals surface area contributed by atoms with E-state index in [9.17, 15) is 4.79 Å². The summed E-state index contributed by atoms with van der Waals surface area (Å²) in [7, 11) is 0. The molecular formula is C16H28Cl2N6O. The molecule has 1 aromatic heterocycles. The van der Waals surface area contributed by atoms with Gasteiger partial charge in [-0.2, -0.15) is 5.10 Å². The molecule has 2 fully saturated rings. The smallest absolute Gasteiger partial charge is 0.223 e. The third-order valence-electron chi connectivity index (χ3n) is 4.62. The van der Waals surface area contributed by atoms with E-state index in [-0.39, 0.29) is 24.8 Å². The van der Waals surface area contributed by atoms with Crippen LogP contribution in [0.5, 0.6) is 0 Å². The van der Waals surface area contributed by atoms with Gasteiger partial charge in [-0.25, -0.2) is 0 Å². The van der Waals surface area contributed by atoms with Gasteiger partial charge < -0.3 is 20.4 Å². The van der Waals surface area contributed by atoms with Crippen LogP contribution in [0.4, 0.5) is 5.82 Å². The molecule has 3 rings (SSSR count). The lowest BCUT2D eigenvalue weighted by molar-refractivity contribution is -0.132. The van der Waals surface area contributed by atoms with Crippen molar-refractivity contribution in [1.82, 2.24) is 25.3 Å².